The molecule has 0 aromatic heterocycles. The number of carbonyl (C=O) groups is 2. The van der Waals surface area contributed by atoms with Crippen molar-refractivity contribution in [3.63, 3.8) is 0 Å². The molecule has 1 N–H and O–H groups in total. The van der Waals surface area contributed by atoms with Crippen molar-refractivity contribution in [3.05, 3.63) is 89.5 Å². The lowest BCUT2D eigenvalue weighted by Crippen LogP contribution is -2.55. The van der Waals surface area contributed by atoms with Crippen LogP contribution in [0.3, 0.4) is 0 Å². The Kier molecular flexibility index (Phi) is 7.06. The Morgan fingerprint density at radius 2 is 1.82 bits per heavy atom. The van der Waals surface area contributed by atoms with E-state index in [9.17, 15) is 9.59 Å². The van der Waals surface area contributed by atoms with Crippen LogP contribution in [0.2, 0.25) is 0 Å². The van der Waals surface area contributed by atoms with Gasteiger partial charge in [-0.3, -0.25) is 9.59 Å². The Bertz CT molecular complexity index is 1110. The third kappa shape index (κ3) is 5.32. The zero-order chi connectivity index (χ0) is 24.3. The van der Waals surface area contributed by atoms with Crippen molar-refractivity contribution in [3.8, 4) is 0 Å². The fraction of sp³-hybridized carbons (Fsp3) is 0.400. The van der Waals surface area contributed by atoms with Gasteiger partial charge in [0.25, 0.3) is 5.91 Å². The van der Waals surface area contributed by atoms with Crippen LogP contribution in [-0.2, 0) is 10.2 Å². The number of anilines is 1. The summed E-state index contributed by atoms with van der Waals surface area (Å²) in [5, 5.41) is 3.18. The normalized spacial score (nSPS) is 22.5. The van der Waals surface area contributed by atoms with Crippen molar-refractivity contribution in [1.82, 2.24) is 4.90 Å². The summed E-state index contributed by atoms with van der Waals surface area (Å²) in [5.74, 6) is -0.123. The molecule has 3 atom stereocenters. The van der Waals surface area contributed by atoms with Crippen LogP contribution in [0, 0.1) is 18.8 Å². The molecule has 4 nitrogen and oxygen atoms in total. The molecule has 1 fully saturated rings. The van der Waals surface area contributed by atoms with Gasteiger partial charge in [0.1, 0.15) is 0 Å². The molecule has 2 aromatic carbocycles. The monoisotopic (exact) mass is 456 g/mol. The summed E-state index contributed by atoms with van der Waals surface area (Å²) < 4.78 is 0. The van der Waals surface area contributed by atoms with Gasteiger partial charge in [0.05, 0.1) is 12.0 Å². The van der Waals surface area contributed by atoms with E-state index in [0.717, 1.165) is 30.5 Å². The number of allylic oxidation sites excluding steroid dienone is 3. The molecule has 4 rings (SSSR count). The van der Waals surface area contributed by atoms with Gasteiger partial charge >= 0.3 is 0 Å². The number of hydrogen-bond donors (Lipinski definition) is 1. The molecule has 1 heterocycles. The maximum absolute atomic E-state index is 13.6. The van der Waals surface area contributed by atoms with E-state index < -0.39 is 0 Å². The van der Waals surface area contributed by atoms with Crippen molar-refractivity contribution in [2.75, 3.05) is 11.9 Å². The molecule has 2 amide bonds. The van der Waals surface area contributed by atoms with Crippen LogP contribution in [0.25, 0.3) is 0 Å². The number of rotatable bonds is 4. The van der Waals surface area contributed by atoms with Crippen molar-refractivity contribution in [2.45, 2.75) is 58.4 Å². The van der Waals surface area contributed by atoms with Gasteiger partial charge in [-0.05, 0) is 61.4 Å². The predicted molar refractivity (Wildman–Crippen MR) is 139 cm³/mol. The highest BCUT2D eigenvalue weighted by Gasteiger charge is 2.42. The lowest BCUT2D eigenvalue weighted by atomic mass is 9.77. The Morgan fingerprint density at radius 1 is 1.03 bits per heavy atom. The van der Waals surface area contributed by atoms with Gasteiger partial charge < -0.3 is 10.2 Å². The largest absolute Gasteiger partial charge is 0.334 e. The minimum Gasteiger partial charge on any atom is -0.334 e. The molecule has 0 radical (unpaired) electrons. The number of benzene rings is 2. The average Bonchev–Trinajstić information content (AvgIpc) is 2.83. The smallest absolute Gasteiger partial charge is 0.254 e. The second-order valence-corrected chi connectivity index (χ2v) is 10.6. The van der Waals surface area contributed by atoms with Crippen LogP contribution >= 0.6 is 0 Å². The van der Waals surface area contributed by atoms with E-state index in [2.05, 4.69) is 50.4 Å². The first-order valence-electron chi connectivity index (χ1n) is 12.4. The van der Waals surface area contributed by atoms with Crippen LogP contribution in [0.15, 0.2) is 72.8 Å². The minimum absolute atomic E-state index is 0.000699. The molecule has 1 aliphatic carbocycles. The summed E-state index contributed by atoms with van der Waals surface area (Å²) in [6, 6.07) is 15.7. The van der Waals surface area contributed by atoms with Crippen LogP contribution < -0.4 is 5.32 Å². The summed E-state index contributed by atoms with van der Waals surface area (Å²) in [6.45, 7) is 9.18. The Morgan fingerprint density at radius 3 is 2.53 bits per heavy atom. The molecule has 0 bridgehead atoms. The highest BCUT2D eigenvalue weighted by Crippen LogP contribution is 2.35. The SMILES string of the molecule is Cc1cccc(C(=O)N2CCC[C@H](C(=O)Nc3cccc(C(C)(C)C)c3)[C@@H]2C2C=CC=CC2)c1. The van der Waals surface area contributed by atoms with Gasteiger partial charge in [0.2, 0.25) is 5.91 Å². The van der Waals surface area contributed by atoms with E-state index in [1.54, 1.807) is 0 Å². The molecule has 1 saturated heterocycles. The van der Waals surface area contributed by atoms with Crippen molar-refractivity contribution in [2.24, 2.45) is 11.8 Å². The summed E-state index contributed by atoms with van der Waals surface area (Å²) in [7, 11) is 0. The first-order valence-corrected chi connectivity index (χ1v) is 12.4. The van der Waals surface area contributed by atoms with Crippen LogP contribution in [0.5, 0.6) is 0 Å². The summed E-state index contributed by atoms with van der Waals surface area (Å²) in [6.07, 6.45) is 10.8. The summed E-state index contributed by atoms with van der Waals surface area (Å²) in [4.78, 5) is 29.2. The van der Waals surface area contributed by atoms with Gasteiger partial charge in [0, 0.05) is 23.7 Å². The molecule has 178 valence electrons. The lowest BCUT2D eigenvalue weighted by molar-refractivity contribution is -0.123. The maximum atomic E-state index is 13.6. The van der Waals surface area contributed by atoms with Gasteiger partial charge in [0.15, 0.2) is 0 Å². The molecular formula is C30H36N2O2. The lowest BCUT2D eigenvalue weighted by Gasteiger charge is -2.44. The number of aryl methyl sites for hydroxylation is 1. The van der Waals surface area contributed by atoms with Gasteiger partial charge in [-0.2, -0.15) is 0 Å². The molecule has 1 aliphatic heterocycles. The van der Waals surface area contributed by atoms with Crippen LogP contribution in [0.1, 0.15) is 61.5 Å². The second-order valence-electron chi connectivity index (χ2n) is 10.6. The topological polar surface area (TPSA) is 49.4 Å². The molecule has 2 aromatic rings. The molecule has 34 heavy (non-hydrogen) atoms. The molecule has 2 aliphatic rings. The Balaban J connectivity index is 1.62. The zero-order valence-electron chi connectivity index (χ0n) is 20.8. The fourth-order valence-corrected chi connectivity index (χ4v) is 5.17. The van der Waals surface area contributed by atoms with E-state index in [1.165, 1.54) is 5.56 Å². The van der Waals surface area contributed by atoms with Crippen LogP contribution in [0.4, 0.5) is 5.69 Å². The molecule has 0 saturated carbocycles. The average molecular weight is 457 g/mol. The van der Waals surface area contributed by atoms with Gasteiger partial charge in [-0.1, -0.05) is 74.9 Å². The second kappa shape index (κ2) is 10.0. The van der Waals surface area contributed by atoms with Crippen molar-refractivity contribution >= 4 is 17.5 Å². The zero-order valence-corrected chi connectivity index (χ0v) is 20.8. The number of nitrogens with zero attached hydrogens (tertiary/aromatic N) is 1. The van der Waals surface area contributed by atoms with Gasteiger partial charge in [-0.25, -0.2) is 0 Å². The number of likely N-dealkylation sites (tertiary alicyclic amines) is 1. The number of hydrogen-bond acceptors (Lipinski definition) is 2. The number of nitrogens with one attached hydrogen (secondary N) is 1. The summed E-state index contributed by atoms with van der Waals surface area (Å²) in [5.41, 5.74) is 3.76. The summed E-state index contributed by atoms with van der Waals surface area (Å²) >= 11 is 0. The van der Waals surface area contributed by atoms with E-state index in [0.29, 0.717) is 12.1 Å². The highest BCUT2D eigenvalue weighted by atomic mass is 16.2. The number of carbonyl (C=O) groups excluding carboxylic acids is 2. The molecule has 1 unspecified atom stereocenters. The third-order valence-electron chi connectivity index (χ3n) is 7.00. The highest BCUT2D eigenvalue weighted by molar-refractivity contribution is 5.97. The fourth-order valence-electron chi connectivity index (χ4n) is 5.17. The van der Waals surface area contributed by atoms with E-state index >= 15 is 0 Å². The first-order chi connectivity index (χ1) is 16.2. The predicted octanol–water partition coefficient (Wildman–Crippen LogP) is 6.28. The van der Waals surface area contributed by atoms with Crippen molar-refractivity contribution in [1.29, 1.82) is 0 Å². The maximum Gasteiger partial charge on any atom is 0.254 e. The van der Waals surface area contributed by atoms with E-state index in [1.807, 2.05) is 60.4 Å². The first kappa shape index (κ1) is 24.0. The molecular weight excluding hydrogens is 420 g/mol. The van der Waals surface area contributed by atoms with E-state index in [4.69, 9.17) is 0 Å². The number of piperidine rings is 1. The molecule has 0 spiro atoms. The van der Waals surface area contributed by atoms with Crippen LogP contribution in [-0.4, -0.2) is 29.3 Å². The number of amides is 2. The third-order valence-corrected chi connectivity index (χ3v) is 7.00. The Hall–Kier alpha value is -3.14. The minimum atomic E-state index is -0.262. The molecule has 4 heteroatoms. The van der Waals surface area contributed by atoms with E-state index in [-0.39, 0.29) is 35.1 Å². The standard InChI is InChI=1S/C30H36N2O2/c1-21-11-8-14-23(19-21)29(34)32-18-10-17-26(27(32)22-12-6-5-7-13-22)28(33)31-25-16-9-15-24(20-25)30(2,3)4/h5-9,11-12,14-16,19-20,22,26-27H,10,13,17-18H2,1-4H3,(H,31,33)/t22?,26-,27-/m0/s1. The van der Waals surface area contributed by atoms with Crippen molar-refractivity contribution < 1.29 is 9.59 Å². The Labute approximate surface area is 203 Å². The quantitative estimate of drug-likeness (QED) is 0.588. The van der Waals surface area contributed by atoms with Gasteiger partial charge in [-0.15, -0.1) is 0 Å².